The highest BCUT2D eigenvalue weighted by molar-refractivity contribution is 5.88. The Balaban J connectivity index is 2.23. The summed E-state index contributed by atoms with van der Waals surface area (Å²) >= 11 is 0. The number of para-hydroxylation sites is 1. The monoisotopic (exact) mass is 302 g/mol. The molecule has 6 nitrogen and oxygen atoms in total. The van der Waals surface area contributed by atoms with Crippen molar-refractivity contribution < 1.29 is 9.53 Å². The van der Waals surface area contributed by atoms with Crippen molar-refractivity contribution >= 4 is 17.6 Å². The van der Waals surface area contributed by atoms with E-state index in [-0.39, 0.29) is 0 Å². The Bertz CT molecular complexity index is 629. The zero-order chi connectivity index (χ0) is 16.2. The number of ether oxygens (including phenoxy) is 1. The maximum Gasteiger partial charge on any atom is 0.412 e. The third kappa shape index (κ3) is 4.25. The van der Waals surface area contributed by atoms with E-state index in [9.17, 15) is 4.79 Å². The molecular formula is C16H22N4O2. The Morgan fingerprint density at radius 1 is 1.27 bits per heavy atom. The number of hydrogen-bond acceptors (Lipinski definition) is 4. The van der Waals surface area contributed by atoms with Crippen molar-refractivity contribution in [2.75, 3.05) is 17.2 Å². The quantitative estimate of drug-likeness (QED) is 0.904. The average Bonchev–Trinajstić information content (AvgIpc) is 2.81. The number of amides is 1. The van der Waals surface area contributed by atoms with Crippen LogP contribution in [0.5, 0.6) is 0 Å². The van der Waals surface area contributed by atoms with Crippen LogP contribution in [-0.2, 0) is 4.74 Å². The van der Waals surface area contributed by atoms with Gasteiger partial charge in [-0.1, -0.05) is 18.2 Å². The van der Waals surface area contributed by atoms with Crippen LogP contribution >= 0.6 is 0 Å². The summed E-state index contributed by atoms with van der Waals surface area (Å²) in [5.74, 6) is 0.609. The topological polar surface area (TPSA) is 68.2 Å². The molecule has 0 atom stereocenters. The first-order valence-corrected chi connectivity index (χ1v) is 7.28. The van der Waals surface area contributed by atoms with Crippen LogP contribution in [0.15, 0.2) is 36.5 Å². The molecule has 0 aliphatic rings. The van der Waals surface area contributed by atoms with Crippen LogP contribution in [0.4, 0.5) is 16.3 Å². The molecular weight excluding hydrogens is 280 g/mol. The molecule has 1 aromatic carbocycles. The minimum Gasteiger partial charge on any atom is -0.444 e. The second-order valence-electron chi connectivity index (χ2n) is 5.83. The number of benzene rings is 1. The van der Waals surface area contributed by atoms with E-state index in [1.54, 1.807) is 10.9 Å². The molecule has 0 saturated carbocycles. The van der Waals surface area contributed by atoms with E-state index in [0.29, 0.717) is 18.1 Å². The van der Waals surface area contributed by atoms with Gasteiger partial charge in [-0.05, 0) is 39.8 Å². The lowest BCUT2D eigenvalue weighted by atomic mass is 10.2. The molecule has 0 bridgehead atoms. The van der Waals surface area contributed by atoms with Crippen molar-refractivity contribution in [2.24, 2.45) is 0 Å². The molecule has 1 aromatic heterocycles. The van der Waals surface area contributed by atoms with E-state index < -0.39 is 11.7 Å². The van der Waals surface area contributed by atoms with E-state index in [2.05, 4.69) is 15.7 Å². The second-order valence-corrected chi connectivity index (χ2v) is 5.83. The fraction of sp³-hybridized carbons (Fsp3) is 0.375. The minimum absolute atomic E-state index is 0.501. The molecule has 0 saturated heterocycles. The predicted molar refractivity (Wildman–Crippen MR) is 87.6 cm³/mol. The molecule has 0 radical (unpaired) electrons. The summed E-state index contributed by atoms with van der Waals surface area (Å²) in [6.07, 6.45) is 1.26. The molecule has 0 spiro atoms. The Hall–Kier alpha value is -2.50. The Morgan fingerprint density at radius 2 is 1.95 bits per heavy atom. The first-order chi connectivity index (χ1) is 10.4. The molecule has 6 heteroatoms. The van der Waals surface area contributed by atoms with Gasteiger partial charge < -0.3 is 10.1 Å². The number of aromatic nitrogens is 2. The largest absolute Gasteiger partial charge is 0.444 e. The van der Waals surface area contributed by atoms with Crippen LogP contribution in [-0.4, -0.2) is 28.0 Å². The zero-order valence-corrected chi connectivity index (χ0v) is 13.4. The van der Waals surface area contributed by atoms with Gasteiger partial charge in [-0.2, -0.15) is 0 Å². The summed E-state index contributed by atoms with van der Waals surface area (Å²) in [6, 6.07) is 9.70. The van der Waals surface area contributed by atoms with Crippen LogP contribution < -0.4 is 10.6 Å². The van der Waals surface area contributed by atoms with Crippen molar-refractivity contribution in [1.29, 1.82) is 0 Å². The van der Waals surface area contributed by atoms with Gasteiger partial charge in [0.2, 0.25) is 0 Å². The summed E-state index contributed by atoms with van der Waals surface area (Å²) in [6.45, 7) is 8.15. The molecule has 2 N–H and O–H groups in total. The smallest absolute Gasteiger partial charge is 0.412 e. The summed E-state index contributed by atoms with van der Waals surface area (Å²) in [4.78, 5) is 11.9. The molecule has 2 aromatic rings. The normalized spacial score (nSPS) is 11.1. The van der Waals surface area contributed by atoms with E-state index in [1.165, 1.54) is 0 Å². The molecule has 2 rings (SSSR count). The number of rotatable bonds is 4. The van der Waals surface area contributed by atoms with Gasteiger partial charge in [-0.15, -0.1) is 5.10 Å². The number of nitrogens with zero attached hydrogens (tertiary/aromatic N) is 2. The van der Waals surface area contributed by atoms with E-state index in [0.717, 1.165) is 5.69 Å². The highest BCUT2D eigenvalue weighted by Crippen LogP contribution is 2.23. The molecule has 22 heavy (non-hydrogen) atoms. The zero-order valence-electron chi connectivity index (χ0n) is 13.4. The third-order valence-corrected chi connectivity index (χ3v) is 2.71. The van der Waals surface area contributed by atoms with Gasteiger partial charge in [0.1, 0.15) is 11.3 Å². The summed E-state index contributed by atoms with van der Waals surface area (Å²) in [5.41, 5.74) is 0.955. The average molecular weight is 302 g/mol. The summed E-state index contributed by atoms with van der Waals surface area (Å²) < 4.78 is 6.99. The van der Waals surface area contributed by atoms with E-state index in [4.69, 9.17) is 4.74 Å². The van der Waals surface area contributed by atoms with Crippen LogP contribution in [0, 0.1) is 0 Å². The summed E-state index contributed by atoms with van der Waals surface area (Å²) in [7, 11) is 0. The fourth-order valence-corrected chi connectivity index (χ4v) is 1.89. The standard InChI is InChI=1S/C16H22N4O2/c1-5-17-14-13(18-15(21)22-16(2,3)4)11-20(19-14)12-9-7-6-8-10-12/h6-11H,5H2,1-4H3,(H,17,19)(H,18,21). The summed E-state index contributed by atoms with van der Waals surface area (Å²) in [5, 5.41) is 10.3. The molecule has 118 valence electrons. The Morgan fingerprint density at radius 3 is 2.55 bits per heavy atom. The van der Waals surface area contributed by atoms with E-state index in [1.807, 2.05) is 58.0 Å². The fourth-order valence-electron chi connectivity index (χ4n) is 1.89. The van der Waals surface area contributed by atoms with Crippen LogP contribution in [0.3, 0.4) is 0 Å². The number of carbonyl (C=O) groups excluding carboxylic acids is 1. The lowest BCUT2D eigenvalue weighted by Crippen LogP contribution is -2.27. The van der Waals surface area contributed by atoms with Gasteiger partial charge in [0.15, 0.2) is 5.82 Å². The van der Waals surface area contributed by atoms with Crippen molar-refractivity contribution in [3.8, 4) is 5.69 Å². The first kappa shape index (κ1) is 15.9. The van der Waals surface area contributed by atoms with Gasteiger partial charge in [0.25, 0.3) is 0 Å². The SMILES string of the molecule is CCNc1nn(-c2ccccc2)cc1NC(=O)OC(C)(C)C. The number of hydrogen-bond donors (Lipinski definition) is 2. The molecule has 1 heterocycles. The number of nitrogens with one attached hydrogen (secondary N) is 2. The van der Waals surface area contributed by atoms with Gasteiger partial charge in [-0.25, -0.2) is 9.48 Å². The number of anilines is 2. The van der Waals surface area contributed by atoms with Crippen LogP contribution in [0.25, 0.3) is 5.69 Å². The molecule has 0 fully saturated rings. The Kier molecular flexibility index (Phi) is 4.70. The lowest BCUT2D eigenvalue weighted by molar-refractivity contribution is 0.0636. The minimum atomic E-state index is -0.544. The molecule has 0 aliphatic carbocycles. The number of carbonyl (C=O) groups is 1. The molecule has 1 amide bonds. The predicted octanol–water partition coefficient (Wildman–Crippen LogP) is 3.65. The highest BCUT2D eigenvalue weighted by Gasteiger charge is 2.18. The van der Waals surface area contributed by atoms with Crippen molar-refractivity contribution in [3.05, 3.63) is 36.5 Å². The van der Waals surface area contributed by atoms with Gasteiger partial charge in [0.05, 0.1) is 11.9 Å². The third-order valence-electron chi connectivity index (χ3n) is 2.71. The maximum atomic E-state index is 11.9. The van der Waals surface area contributed by atoms with Gasteiger partial charge in [0, 0.05) is 6.54 Å². The lowest BCUT2D eigenvalue weighted by Gasteiger charge is -2.19. The molecule has 0 unspecified atom stereocenters. The van der Waals surface area contributed by atoms with E-state index >= 15 is 0 Å². The maximum absolute atomic E-state index is 11.9. The second kappa shape index (κ2) is 6.51. The van der Waals surface area contributed by atoms with Crippen molar-refractivity contribution in [3.63, 3.8) is 0 Å². The highest BCUT2D eigenvalue weighted by atomic mass is 16.6. The van der Waals surface area contributed by atoms with Gasteiger partial charge >= 0.3 is 6.09 Å². The Labute approximate surface area is 130 Å². The molecule has 0 aliphatic heterocycles. The van der Waals surface area contributed by atoms with Crippen molar-refractivity contribution in [1.82, 2.24) is 9.78 Å². The van der Waals surface area contributed by atoms with Gasteiger partial charge in [-0.3, -0.25) is 5.32 Å². The van der Waals surface area contributed by atoms with Crippen LogP contribution in [0.2, 0.25) is 0 Å². The first-order valence-electron chi connectivity index (χ1n) is 7.28. The van der Waals surface area contributed by atoms with Crippen LogP contribution in [0.1, 0.15) is 27.7 Å². The van der Waals surface area contributed by atoms with Crippen molar-refractivity contribution in [2.45, 2.75) is 33.3 Å².